The number of benzene rings is 1. The summed E-state index contributed by atoms with van der Waals surface area (Å²) in [7, 11) is 2.13. The fourth-order valence-electron chi connectivity index (χ4n) is 3.71. The van der Waals surface area contributed by atoms with Gasteiger partial charge in [0.05, 0.1) is 0 Å². The molecule has 0 aromatic heterocycles. The molecular formula is C18H29FN2. The quantitative estimate of drug-likeness (QED) is 0.853. The average Bonchev–Trinajstić information content (AvgIpc) is 2.48. The Hall–Kier alpha value is -0.930. The maximum atomic E-state index is 14.0. The standard InChI is InChI=1S/C18H29FN2/c1-4-10-18(11-7-12-20-13-18)14-21(3)15(2)16-8-5-6-9-17(16)19/h5-6,8-9,15,20H,4,7,10-14H2,1-3H3. The van der Waals surface area contributed by atoms with E-state index in [-0.39, 0.29) is 11.9 Å². The van der Waals surface area contributed by atoms with Crippen molar-refractivity contribution in [3.8, 4) is 0 Å². The van der Waals surface area contributed by atoms with E-state index in [1.807, 2.05) is 12.1 Å². The first-order chi connectivity index (χ1) is 10.1. The molecule has 0 aliphatic carbocycles. The monoisotopic (exact) mass is 292 g/mol. The van der Waals surface area contributed by atoms with E-state index < -0.39 is 0 Å². The second-order valence-corrected chi connectivity index (χ2v) is 6.64. The molecule has 3 heteroatoms. The Morgan fingerprint density at radius 3 is 2.76 bits per heavy atom. The van der Waals surface area contributed by atoms with Gasteiger partial charge in [0.15, 0.2) is 0 Å². The molecule has 1 N–H and O–H groups in total. The molecule has 2 nitrogen and oxygen atoms in total. The second kappa shape index (κ2) is 7.37. The molecule has 2 unspecified atom stereocenters. The third-order valence-electron chi connectivity index (χ3n) is 4.94. The van der Waals surface area contributed by atoms with Gasteiger partial charge in [0.25, 0.3) is 0 Å². The molecule has 1 aliphatic heterocycles. The molecule has 21 heavy (non-hydrogen) atoms. The van der Waals surface area contributed by atoms with Crippen molar-refractivity contribution < 1.29 is 4.39 Å². The molecule has 1 aromatic rings. The van der Waals surface area contributed by atoms with Crippen LogP contribution in [-0.4, -0.2) is 31.6 Å². The average molecular weight is 292 g/mol. The third kappa shape index (κ3) is 4.04. The highest BCUT2D eigenvalue weighted by Gasteiger charge is 2.33. The van der Waals surface area contributed by atoms with Gasteiger partial charge in [-0.1, -0.05) is 31.5 Å². The van der Waals surface area contributed by atoms with Gasteiger partial charge in [-0.25, -0.2) is 4.39 Å². The van der Waals surface area contributed by atoms with Gasteiger partial charge in [0.2, 0.25) is 0 Å². The minimum absolute atomic E-state index is 0.0943. The van der Waals surface area contributed by atoms with Crippen LogP contribution in [0.1, 0.15) is 51.1 Å². The number of hydrogen-bond acceptors (Lipinski definition) is 2. The molecule has 1 saturated heterocycles. The van der Waals surface area contributed by atoms with E-state index in [1.54, 1.807) is 12.1 Å². The summed E-state index contributed by atoms with van der Waals surface area (Å²) in [5.41, 5.74) is 1.15. The summed E-state index contributed by atoms with van der Waals surface area (Å²) in [6, 6.07) is 7.26. The first-order valence-electron chi connectivity index (χ1n) is 8.23. The fourth-order valence-corrected chi connectivity index (χ4v) is 3.71. The van der Waals surface area contributed by atoms with Gasteiger partial charge in [-0.2, -0.15) is 0 Å². The number of piperidine rings is 1. The molecule has 2 rings (SSSR count). The topological polar surface area (TPSA) is 15.3 Å². The van der Waals surface area contributed by atoms with Crippen LogP contribution < -0.4 is 5.32 Å². The van der Waals surface area contributed by atoms with Crippen molar-refractivity contribution in [1.29, 1.82) is 0 Å². The van der Waals surface area contributed by atoms with Crippen LogP contribution in [0.15, 0.2) is 24.3 Å². The Labute approximate surface area is 128 Å². The smallest absolute Gasteiger partial charge is 0.127 e. The van der Waals surface area contributed by atoms with Crippen molar-refractivity contribution >= 4 is 0 Å². The maximum Gasteiger partial charge on any atom is 0.127 e. The molecule has 2 atom stereocenters. The zero-order chi connectivity index (χ0) is 15.3. The maximum absolute atomic E-state index is 14.0. The first-order valence-corrected chi connectivity index (χ1v) is 8.23. The molecule has 118 valence electrons. The van der Waals surface area contributed by atoms with Crippen LogP contribution in [0.5, 0.6) is 0 Å². The zero-order valence-electron chi connectivity index (χ0n) is 13.7. The predicted molar refractivity (Wildman–Crippen MR) is 86.9 cm³/mol. The number of halogens is 1. The summed E-state index contributed by atoms with van der Waals surface area (Å²) in [6.07, 6.45) is 4.99. The summed E-state index contributed by atoms with van der Waals surface area (Å²) in [5, 5.41) is 3.56. The van der Waals surface area contributed by atoms with E-state index >= 15 is 0 Å². The number of nitrogens with zero attached hydrogens (tertiary/aromatic N) is 1. The molecular weight excluding hydrogens is 263 g/mol. The molecule has 0 amide bonds. The van der Waals surface area contributed by atoms with Crippen molar-refractivity contribution in [3.05, 3.63) is 35.6 Å². The Bertz CT molecular complexity index is 435. The van der Waals surface area contributed by atoms with Crippen LogP contribution in [0.2, 0.25) is 0 Å². The van der Waals surface area contributed by atoms with Crippen LogP contribution in [-0.2, 0) is 0 Å². The Morgan fingerprint density at radius 2 is 2.14 bits per heavy atom. The van der Waals surface area contributed by atoms with E-state index in [0.29, 0.717) is 5.41 Å². The molecule has 0 saturated carbocycles. The lowest BCUT2D eigenvalue weighted by molar-refractivity contribution is 0.0996. The molecule has 1 aromatic carbocycles. The zero-order valence-corrected chi connectivity index (χ0v) is 13.7. The number of nitrogens with one attached hydrogen (secondary N) is 1. The van der Waals surface area contributed by atoms with E-state index in [2.05, 4.69) is 31.1 Å². The summed E-state index contributed by atoms with van der Waals surface area (Å²) >= 11 is 0. The van der Waals surface area contributed by atoms with E-state index in [1.165, 1.54) is 25.7 Å². The third-order valence-corrected chi connectivity index (χ3v) is 4.94. The van der Waals surface area contributed by atoms with Gasteiger partial charge < -0.3 is 5.32 Å². The summed E-state index contributed by atoms with van der Waals surface area (Å²) in [6.45, 7) is 7.63. The van der Waals surface area contributed by atoms with E-state index in [9.17, 15) is 4.39 Å². The number of rotatable bonds is 6. The highest BCUT2D eigenvalue weighted by Crippen LogP contribution is 2.34. The normalized spacial score (nSPS) is 24.2. The lowest BCUT2D eigenvalue weighted by atomic mass is 9.76. The fraction of sp³-hybridized carbons (Fsp3) is 0.667. The van der Waals surface area contributed by atoms with Gasteiger partial charge in [-0.3, -0.25) is 4.90 Å². The van der Waals surface area contributed by atoms with Crippen LogP contribution >= 0.6 is 0 Å². The van der Waals surface area contributed by atoms with E-state index in [0.717, 1.165) is 25.2 Å². The largest absolute Gasteiger partial charge is 0.316 e. The van der Waals surface area contributed by atoms with Crippen LogP contribution in [0.4, 0.5) is 4.39 Å². The lowest BCUT2D eigenvalue weighted by Gasteiger charge is -2.42. The molecule has 0 radical (unpaired) electrons. The van der Waals surface area contributed by atoms with Crippen LogP contribution in [0.25, 0.3) is 0 Å². The van der Waals surface area contributed by atoms with Gasteiger partial charge in [0, 0.05) is 24.7 Å². The summed E-state index contributed by atoms with van der Waals surface area (Å²) in [5.74, 6) is -0.0943. The minimum Gasteiger partial charge on any atom is -0.316 e. The minimum atomic E-state index is -0.0943. The second-order valence-electron chi connectivity index (χ2n) is 6.64. The van der Waals surface area contributed by atoms with Crippen molar-refractivity contribution in [1.82, 2.24) is 10.2 Å². The van der Waals surface area contributed by atoms with Gasteiger partial charge in [-0.15, -0.1) is 0 Å². The van der Waals surface area contributed by atoms with Gasteiger partial charge in [0.1, 0.15) is 5.82 Å². The molecule has 0 bridgehead atoms. The molecule has 1 fully saturated rings. The molecule has 0 spiro atoms. The van der Waals surface area contributed by atoms with E-state index in [4.69, 9.17) is 0 Å². The Morgan fingerprint density at radius 1 is 1.38 bits per heavy atom. The van der Waals surface area contributed by atoms with Crippen LogP contribution in [0.3, 0.4) is 0 Å². The summed E-state index contributed by atoms with van der Waals surface area (Å²) in [4.78, 5) is 2.32. The highest BCUT2D eigenvalue weighted by molar-refractivity contribution is 5.20. The first kappa shape index (κ1) is 16.4. The van der Waals surface area contributed by atoms with Crippen molar-refractivity contribution in [2.24, 2.45) is 5.41 Å². The van der Waals surface area contributed by atoms with Crippen molar-refractivity contribution in [3.63, 3.8) is 0 Å². The predicted octanol–water partition coefficient (Wildman–Crippen LogP) is 3.99. The molecule has 1 aliphatic rings. The molecule has 1 heterocycles. The Kier molecular flexibility index (Phi) is 5.77. The summed E-state index contributed by atoms with van der Waals surface area (Å²) < 4.78 is 14.0. The van der Waals surface area contributed by atoms with Crippen molar-refractivity contribution in [2.45, 2.75) is 45.6 Å². The van der Waals surface area contributed by atoms with Gasteiger partial charge in [-0.05, 0) is 51.3 Å². The Balaban J connectivity index is 2.08. The number of hydrogen-bond donors (Lipinski definition) is 1. The highest BCUT2D eigenvalue weighted by atomic mass is 19.1. The lowest BCUT2D eigenvalue weighted by Crippen LogP contribution is -2.47. The van der Waals surface area contributed by atoms with Crippen molar-refractivity contribution in [2.75, 3.05) is 26.7 Å². The van der Waals surface area contributed by atoms with Crippen LogP contribution in [0, 0.1) is 11.2 Å². The van der Waals surface area contributed by atoms with Gasteiger partial charge >= 0.3 is 0 Å². The SMILES string of the molecule is CCCC1(CN(C)C(C)c2ccccc2F)CCCNC1.